The molecule has 0 N–H and O–H groups in total. The lowest BCUT2D eigenvalue weighted by Crippen LogP contribution is -2.38. The van der Waals surface area contributed by atoms with Gasteiger partial charge < -0.3 is 9.26 Å². The SMILES string of the molecule is CCOC1(c2noc(CCCCl)n2)CCC(C)(C)CC1. The third kappa shape index (κ3) is 3.53. The highest BCUT2D eigenvalue weighted by Gasteiger charge is 2.43. The average molecular weight is 301 g/mol. The summed E-state index contributed by atoms with van der Waals surface area (Å²) < 4.78 is 11.4. The zero-order valence-corrected chi connectivity index (χ0v) is 13.5. The maximum atomic E-state index is 6.06. The normalized spacial score (nSPS) is 21.0. The van der Waals surface area contributed by atoms with Crippen LogP contribution in [0.5, 0.6) is 0 Å². The van der Waals surface area contributed by atoms with Gasteiger partial charge in [0.25, 0.3) is 0 Å². The Labute approximate surface area is 126 Å². The van der Waals surface area contributed by atoms with Gasteiger partial charge >= 0.3 is 0 Å². The first kappa shape index (κ1) is 15.8. The fourth-order valence-electron chi connectivity index (χ4n) is 2.80. The number of nitrogens with zero attached hydrogens (tertiary/aromatic N) is 2. The van der Waals surface area contributed by atoms with E-state index >= 15 is 0 Å². The zero-order chi connectivity index (χ0) is 14.6. The maximum absolute atomic E-state index is 6.06. The Bertz CT molecular complexity index is 421. The van der Waals surface area contributed by atoms with E-state index in [1.807, 2.05) is 6.92 Å². The van der Waals surface area contributed by atoms with Crippen molar-refractivity contribution in [1.29, 1.82) is 0 Å². The quantitative estimate of drug-likeness (QED) is 0.743. The van der Waals surface area contributed by atoms with Crippen molar-refractivity contribution in [3.63, 3.8) is 0 Å². The molecule has 1 heterocycles. The molecule has 0 saturated heterocycles. The lowest BCUT2D eigenvalue weighted by Gasteiger charge is -2.41. The topological polar surface area (TPSA) is 48.2 Å². The van der Waals surface area contributed by atoms with Crippen molar-refractivity contribution < 1.29 is 9.26 Å². The number of ether oxygens (including phenoxy) is 1. The molecule has 0 spiro atoms. The Kier molecular flexibility index (Phi) is 5.08. The van der Waals surface area contributed by atoms with Gasteiger partial charge in [-0.25, -0.2) is 0 Å². The smallest absolute Gasteiger partial charge is 0.226 e. The maximum Gasteiger partial charge on any atom is 0.226 e. The molecule has 1 aliphatic carbocycles. The molecular weight excluding hydrogens is 276 g/mol. The number of hydrogen-bond acceptors (Lipinski definition) is 4. The first-order valence-electron chi connectivity index (χ1n) is 7.54. The van der Waals surface area contributed by atoms with E-state index in [2.05, 4.69) is 24.0 Å². The molecule has 0 unspecified atom stereocenters. The monoisotopic (exact) mass is 300 g/mol. The fourth-order valence-corrected chi connectivity index (χ4v) is 2.93. The summed E-state index contributed by atoms with van der Waals surface area (Å²) in [5.74, 6) is 2.01. The highest BCUT2D eigenvalue weighted by atomic mass is 35.5. The zero-order valence-electron chi connectivity index (χ0n) is 12.7. The van der Waals surface area contributed by atoms with Gasteiger partial charge in [0.15, 0.2) is 0 Å². The van der Waals surface area contributed by atoms with Crippen LogP contribution in [-0.2, 0) is 16.8 Å². The molecular formula is C15H25ClN2O2. The molecule has 4 nitrogen and oxygen atoms in total. The Balaban J connectivity index is 2.14. The first-order valence-corrected chi connectivity index (χ1v) is 8.08. The van der Waals surface area contributed by atoms with Crippen LogP contribution in [0.15, 0.2) is 4.52 Å². The van der Waals surface area contributed by atoms with Crippen LogP contribution in [0, 0.1) is 5.41 Å². The molecule has 2 rings (SSSR count). The van der Waals surface area contributed by atoms with Crippen molar-refractivity contribution in [3.05, 3.63) is 11.7 Å². The largest absolute Gasteiger partial charge is 0.367 e. The lowest BCUT2D eigenvalue weighted by molar-refractivity contribution is -0.0957. The van der Waals surface area contributed by atoms with Gasteiger partial charge in [0, 0.05) is 18.9 Å². The van der Waals surface area contributed by atoms with E-state index in [0.717, 1.165) is 44.3 Å². The summed E-state index contributed by atoms with van der Waals surface area (Å²) in [7, 11) is 0. The number of aromatic nitrogens is 2. The van der Waals surface area contributed by atoms with Crippen LogP contribution in [0.1, 0.15) is 64.6 Å². The van der Waals surface area contributed by atoms with Crippen molar-refractivity contribution in [3.8, 4) is 0 Å². The number of alkyl halides is 1. The molecule has 1 saturated carbocycles. The van der Waals surface area contributed by atoms with Crippen molar-refractivity contribution in [2.45, 2.75) is 64.9 Å². The lowest BCUT2D eigenvalue weighted by atomic mass is 9.70. The molecule has 1 aliphatic rings. The van der Waals surface area contributed by atoms with Crippen LogP contribution in [0.3, 0.4) is 0 Å². The van der Waals surface area contributed by atoms with E-state index < -0.39 is 0 Å². The summed E-state index contributed by atoms with van der Waals surface area (Å²) >= 11 is 5.70. The number of hydrogen-bond donors (Lipinski definition) is 0. The minimum atomic E-state index is -0.354. The predicted molar refractivity (Wildman–Crippen MR) is 78.9 cm³/mol. The fraction of sp³-hybridized carbons (Fsp3) is 0.867. The van der Waals surface area contributed by atoms with Gasteiger partial charge in [0.2, 0.25) is 11.7 Å². The van der Waals surface area contributed by atoms with Crippen LogP contribution < -0.4 is 0 Å². The highest BCUT2D eigenvalue weighted by molar-refractivity contribution is 6.17. The average Bonchev–Trinajstić information content (AvgIpc) is 2.89. The van der Waals surface area contributed by atoms with Crippen molar-refractivity contribution in [1.82, 2.24) is 10.1 Å². The molecule has 0 amide bonds. The molecule has 0 atom stereocenters. The number of aryl methyl sites for hydroxylation is 1. The summed E-state index contributed by atoms with van der Waals surface area (Å²) in [6.07, 6.45) is 5.77. The summed E-state index contributed by atoms with van der Waals surface area (Å²) in [6.45, 7) is 7.32. The standard InChI is InChI=1S/C15H25ClN2O2/c1-4-19-15(9-7-14(2,3)8-10-15)13-17-12(20-18-13)6-5-11-16/h4-11H2,1-3H3. The van der Waals surface area contributed by atoms with Gasteiger partial charge in [0.05, 0.1) is 0 Å². The summed E-state index contributed by atoms with van der Waals surface area (Å²) in [6, 6.07) is 0. The molecule has 0 aliphatic heterocycles. The van der Waals surface area contributed by atoms with Crippen LogP contribution >= 0.6 is 11.6 Å². The van der Waals surface area contributed by atoms with Gasteiger partial charge in [-0.3, -0.25) is 0 Å². The second kappa shape index (κ2) is 6.44. The summed E-state index contributed by atoms with van der Waals surface area (Å²) in [4.78, 5) is 4.55. The van der Waals surface area contributed by atoms with E-state index in [0.29, 0.717) is 23.8 Å². The first-order chi connectivity index (χ1) is 9.51. The van der Waals surface area contributed by atoms with E-state index in [1.165, 1.54) is 0 Å². The number of rotatable bonds is 6. The summed E-state index contributed by atoms with van der Waals surface area (Å²) in [5.41, 5.74) is 0.0266. The molecule has 20 heavy (non-hydrogen) atoms. The number of halogens is 1. The van der Waals surface area contributed by atoms with Crippen molar-refractivity contribution in [2.75, 3.05) is 12.5 Å². The summed E-state index contributed by atoms with van der Waals surface area (Å²) in [5, 5.41) is 4.18. The molecule has 1 aromatic rings. The van der Waals surface area contributed by atoms with Crippen LogP contribution in [0.4, 0.5) is 0 Å². The van der Waals surface area contributed by atoms with Crippen LogP contribution in [-0.4, -0.2) is 22.6 Å². The van der Waals surface area contributed by atoms with E-state index in [-0.39, 0.29) is 5.60 Å². The molecule has 0 radical (unpaired) electrons. The Morgan fingerprint density at radius 2 is 1.95 bits per heavy atom. The third-order valence-electron chi connectivity index (χ3n) is 4.23. The van der Waals surface area contributed by atoms with E-state index in [1.54, 1.807) is 0 Å². The van der Waals surface area contributed by atoms with Gasteiger partial charge in [-0.1, -0.05) is 19.0 Å². The van der Waals surface area contributed by atoms with E-state index in [4.69, 9.17) is 20.9 Å². The minimum absolute atomic E-state index is 0.354. The third-order valence-corrected chi connectivity index (χ3v) is 4.50. The second-order valence-corrected chi connectivity index (χ2v) is 6.77. The molecule has 114 valence electrons. The molecule has 5 heteroatoms. The molecule has 0 aromatic carbocycles. The van der Waals surface area contributed by atoms with Gasteiger partial charge in [0.1, 0.15) is 5.60 Å². The van der Waals surface area contributed by atoms with Gasteiger partial charge in [-0.15, -0.1) is 11.6 Å². The van der Waals surface area contributed by atoms with Crippen LogP contribution in [0.2, 0.25) is 0 Å². The Morgan fingerprint density at radius 1 is 1.25 bits per heavy atom. The second-order valence-electron chi connectivity index (χ2n) is 6.40. The van der Waals surface area contributed by atoms with Gasteiger partial charge in [-0.2, -0.15) is 4.98 Å². The van der Waals surface area contributed by atoms with Crippen LogP contribution in [0.25, 0.3) is 0 Å². The highest BCUT2D eigenvalue weighted by Crippen LogP contribution is 2.46. The van der Waals surface area contributed by atoms with Crippen molar-refractivity contribution in [2.24, 2.45) is 5.41 Å². The minimum Gasteiger partial charge on any atom is -0.367 e. The Morgan fingerprint density at radius 3 is 2.55 bits per heavy atom. The molecule has 0 bridgehead atoms. The van der Waals surface area contributed by atoms with Crippen molar-refractivity contribution >= 4 is 11.6 Å². The molecule has 1 fully saturated rings. The molecule has 1 aromatic heterocycles. The predicted octanol–water partition coefficient (Wildman–Crippen LogP) is 4.07. The Hall–Kier alpha value is -0.610. The van der Waals surface area contributed by atoms with Gasteiger partial charge in [-0.05, 0) is 44.4 Å². The van der Waals surface area contributed by atoms with E-state index in [9.17, 15) is 0 Å².